The fraction of sp³-hybridized carbons (Fsp3) is 0.148. The smallest absolute Gasteiger partial charge is 0.255 e. The second kappa shape index (κ2) is 9.43. The molecule has 0 aliphatic carbocycles. The molecule has 0 saturated heterocycles. The van der Waals surface area contributed by atoms with E-state index >= 15 is 0 Å². The second-order valence-corrected chi connectivity index (χ2v) is 8.10. The lowest BCUT2D eigenvalue weighted by Crippen LogP contribution is -2.12. The van der Waals surface area contributed by atoms with Crippen molar-refractivity contribution in [2.75, 3.05) is 10.6 Å². The Balaban J connectivity index is 1.43. The summed E-state index contributed by atoms with van der Waals surface area (Å²) in [7, 11) is 0. The van der Waals surface area contributed by atoms with Crippen LogP contribution in [0.5, 0.6) is 0 Å². The third-order valence-electron chi connectivity index (χ3n) is 5.25. The average Bonchev–Trinajstić information content (AvgIpc) is 2.81. The van der Waals surface area contributed by atoms with Gasteiger partial charge in [0.25, 0.3) is 5.91 Å². The van der Waals surface area contributed by atoms with Crippen LogP contribution in [-0.4, -0.2) is 15.9 Å². The summed E-state index contributed by atoms with van der Waals surface area (Å²) in [5.74, 6) is 0.764. The lowest BCUT2D eigenvalue weighted by atomic mass is 10.0. The van der Waals surface area contributed by atoms with Gasteiger partial charge in [-0.1, -0.05) is 61.9 Å². The summed E-state index contributed by atoms with van der Waals surface area (Å²) < 4.78 is 0. The number of benzene rings is 3. The minimum absolute atomic E-state index is 0.165. The van der Waals surface area contributed by atoms with Crippen molar-refractivity contribution in [1.29, 1.82) is 0 Å². The Bertz CT molecular complexity index is 1200. The largest absolute Gasteiger partial charge is 0.324 e. The Hall–Kier alpha value is -3.99. The lowest BCUT2D eigenvalue weighted by molar-refractivity contribution is 0.102. The Morgan fingerprint density at radius 2 is 1.50 bits per heavy atom. The summed E-state index contributed by atoms with van der Waals surface area (Å²) in [4.78, 5) is 21.5. The van der Waals surface area contributed by atoms with Crippen LogP contribution in [0.2, 0.25) is 0 Å². The van der Waals surface area contributed by atoms with Crippen LogP contribution < -0.4 is 10.6 Å². The highest BCUT2D eigenvalue weighted by molar-refractivity contribution is 6.04. The molecule has 4 aromatic rings. The quantitative estimate of drug-likeness (QED) is 0.369. The molecule has 0 spiro atoms. The van der Waals surface area contributed by atoms with E-state index in [0.29, 0.717) is 17.4 Å². The van der Waals surface area contributed by atoms with Crippen LogP contribution >= 0.6 is 0 Å². The summed E-state index contributed by atoms with van der Waals surface area (Å²) in [6.07, 6.45) is 3.58. The maximum Gasteiger partial charge on any atom is 0.255 e. The molecule has 0 unspecified atom stereocenters. The molecular weight excluding hydrogens is 396 g/mol. The van der Waals surface area contributed by atoms with Crippen LogP contribution in [0.3, 0.4) is 0 Å². The number of rotatable bonds is 6. The van der Waals surface area contributed by atoms with Crippen molar-refractivity contribution in [3.8, 4) is 11.1 Å². The molecule has 2 N–H and O–H groups in total. The van der Waals surface area contributed by atoms with Crippen LogP contribution in [0.15, 0.2) is 85.2 Å². The minimum Gasteiger partial charge on any atom is -0.324 e. The van der Waals surface area contributed by atoms with Crippen molar-refractivity contribution in [2.24, 2.45) is 0 Å². The summed E-state index contributed by atoms with van der Waals surface area (Å²) in [6, 6.07) is 23.5. The van der Waals surface area contributed by atoms with Gasteiger partial charge in [0, 0.05) is 34.9 Å². The molecule has 0 fully saturated rings. The molecule has 0 aliphatic heterocycles. The molecule has 0 saturated carbocycles. The van der Waals surface area contributed by atoms with Gasteiger partial charge in [-0.3, -0.25) is 4.79 Å². The number of aromatic nitrogens is 2. The first-order valence-corrected chi connectivity index (χ1v) is 10.7. The van der Waals surface area contributed by atoms with E-state index in [2.05, 4.69) is 65.6 Å². The zero-order valence-corrected chi connectivity index (χ0v) is 18.5. The topological polar surface area (TPSA) is 66.9 Å². The van der Waals surface area contributed by atoms with Gasteiger partial charge in [-0.05, 0) is 54.3 Å². The van der Waals surface area contributed by atoms with Crippen molar-refractivity contribution in [2.45, 2.75) is 26.7 Å². The predicted molar refractivity (Wildman–Crippen MR) is 130 cm³/mol. The lowest BCUT2D eigenvalue weighted by Gasteiger charge is -2.10. The van der Waals surface area contributed by atoms with Gasteiger partial charge in [0.15, 0.2) is 0 Å². The number of aryl methyl sites for hydroxylation is 1. The standard InChI is InChI=1S/C27H26N4O/c1-18(2)20-11-13-24(14-12-20)30-26(32)22-5-4-6-25(15-22)31-27-28-16-23(17-29-27)21-9-7-19(3)8-10-21/h4-18H,1-3H3,(H,30,32)(H,28,29,31). The summed E-state index contributed by atoms with van der Waals surface area (Å²) in [5, 5.41) is 6.12. The summed E-state index contributed by atoms with van der Waals surface area (Å²) in [5.41, 5.74) is 6.55. The van der Waals surface area contributed by atoms with Gasteiger partial charge >= 0.3 is 0 Å². The van der Waals surface area contributed by atoms with E-state index < -0.39 is 0 Å². The van der Waals surface area contributed by atoms with Crippen molar-refractivity contribution >= 4 is 23.2 Å². The van der Waals surface area contributed by atoms with Gasteiger partial charge in [0.2, 0.25) is 5.95 Å². The molecular formula is C27H26N4O. The molecule has 3 aromatic carbocycles. The highest BCUT2D eigenvalue weighted by Crippen LogP contribution is 2.21. The average molecular weight is 423 g/mol. The van der Waals surface area contributed by atoms with Crippen LogP contribution in [0.4, 0.5) is 17.3 Å². The van der Waals surface area contributed by atoms with E-state index in [-0.39, 0.29) is 5.91 Å². The molecule has 32 heavy (non-hydrogen) atoms. The molecule has 0 atom stereocenters. The SMILES string of the molecule is Cc1ccc(-c2cnc(Nc3cccc(C(=O)Nc4ccc(C(C)C)cc4)c3)nc2)cc1. The van der Waals surface area contributed by atoms with E-state index in [1.807, 2.05) is 36.4 Å². The fourth-order valence-corrected chi connectivity index (χ4v) is 3.31. The normalized spacial score (nSPS) is 10.8. The van der Waals surface area contributed by atoms with Crippen molar-refractivity contribution in [3.63, 3.8) is 0 Å². The van der Waals surface area contributed by atoms with Crippen LogP contribution in [0, 0.1) is 6.92 Å². The fourth-order valence-electron chi connectivity index (χ4n) is 3.31. The van der Waals surface area contributed by atoms with E-state index in [0.717, 1.165) is 22.5 Å². The monoisotopic (exact) mass is 422 g/mol. The molecule has 0 aliphatic rings. The summed E-state index contributed by atoms with van der Waals surface area (Å²) >= 11 is 0. The van der Waals surface area contributed by atoms with E-state index in [1.165, 1.54) is 11.1 Å². The molecule has 5 heteroatoms. The third-order valence-corrected chi connectivity index (χ3v) is 5.25. The van der Waals surface area contributed by atoms with E-state index in [4.69, 9.17) is 0 Å². The highest BCUT2D eigenvalue weighted by atomic mass is 16.1. The number of nitrogens with zero attached hydrogens (tertiary/aromatic N) is 2. The molecule has 1 aromatic heterocycles. The van der Waals surface area contributed by atoms with Gasteiger partial charge in [-0.15, -0.1) is 0 Å². The van der Waals surface area contributed by atoms with Gasteiger partial charge in [-0.25, -0.2) is 9.97 Å². The van der Waals surface area contributed by atoms with Crippen molar-refractivity contribution in [3.05, 3.63) is 102 Å². The first kappa shape index (κ1) is 21.2. The van der Waals surface area contributed by atoms with Gasteiger partial charge in [0.05, 0.1) is 0 Å². The zero-order chi connectivity index (χ0) is 22.5. The number of hydrogen-bond donors (Lipinski definition) is 2. The Morgan fingerprint density at radius 3 is 2.16 bits per heavy atom. The first-order chi connectivity index (χ1) is 15.5. The summed E-state index contributed by atoms with van der Waals surface area (Å²) in [6.45, 7) is 6.35. The first-order valence-electron chi connectivity index (χ1n) is 10.7. The zero-order valence-electron chi connectivity index (χ0n) is 18.5. The van der Waals surface area contributed by atoms with E-state index in [1.54, 1.807) is 24.5 Å². The van der Waals surface area contributed by atoms with Gasteiger partial charge < -0.3 is 10.6 Å². The highest BCUT2D eigenvalue weighted by Gasteiger charge is 2.09. The van der Waals surface area contributed by atoms with Crippen LogP contribution in [0.1, 0.15) is 41.3 Å². The number of anilines is 3. The molecule has 4 rings (SSSR count). The minimum atomic E-state index is -0.165. The molecule has 160 valence electrons. The molecule has 5 nitrogen and oxygen atoms in total. The molecule has 1 amide bonds. The number of nitrogens with one attached hydrogen (secondary N) is 2. The second-order valence-electron chi connectivity index (χ2n) is 8.10. The maximum absolute atomic E-state index is 12.7. The third kappa shape index (κ3) is 5.19. The van der Waals surface area contributed by atoms with Gasteiger partial charge in [0.1, 0.15) is 0 Å². The number of hydrogen-bond acceptors (Lipinski definition) is 4. The number of carbonyl (C=O) groups is 1. The molecule has 1 heterocycles. The molecule has 0 radical (unpaired) electrons. The Morgan fingerprint density at radius 1 is 0.812 bits per heavy atom. The van der Waals surface area contributed by atoms with E-state index in [9.17, 15) is 4.79 Å². The Kier molecular flexibility index (Phi) is 6.26. The number of carbonyl (C=O) groups excluding carboxylic acids is 1. The van der Waals surface area contributed by atoms with Crippen LogP contribution in [0.25, 0.3) is 11.1 Å². The maximum atomic E-state index is 12.7. The van der Waals surface area contributed by atoms with Crippen LogP contribution in [-0.2, 0) is 0 Å². The number of amides is 1. The Labute approximate surface area is 188 Å². The van der Waals surface area contributed by atoms with Crippen molar-refractivity contribution in [1.82, 2.24) is 9.97 Å². The molecule has 0 bridgehead atoms. The van der Waals surface area contributed by atoms with Gasteiger partial charge in [-0.2, -0.15) is 0 Å². The predicted octanol–water partition coefficient (Wildman–Crippen LogP) is 6.57. The van der Waals surface area contributed by atoms with Crippen molar-refractivity contribution < 1.29 is 4.79 Å².